The van der Waals surface area contributed by atoms with E-state index in [9.17, 15) is 32.3 Å². The molecule has 4 rings (SSSR count). The molecule has 1 unspecified atom stereocenters. The number of aliphatic hydroxyl groups is 1. The zero-order valence-electron chi connectivity index (χ0n) is 21.2. The van der Waals surface area contributed by atoms with Gasteiger partial charge < -0.3 is 15.7 Å². The van der Waals surface area contributed by atoms with Crippen molar-refractivity contribution in [3.8, 4) is 0 Å². The van der Waals surface area contributed by atoms with Gasteiger partial charge in [-0.05, 0) is 60.7 Å². The molecule has 1 aliphatic rings. The summed E-state index contributed by atoms with van der Waals surface area (Å²) in [7, 11) is 0. The van der Waals surface area contributed by atoms with Gasteiger partial charge in [-0.2, -0.15) is 13.2 Å². The van der Waals surface area contributed by atoms with Crippen LogP contribution in [0.4, 0.5) is 34.6 Å². The van der Waals surface area contributed by atoms with Crippen molar-refractivity contribution < 1.29 is 32.3 Å². The first-order chi connectivity index (χ1) is 19.0. The average Bonchev–Trinajstić information content (AvgIpc) is 3.34. The maximum atomic E-state index is 14.4. The van der Waals surface area contributed by atoms with E-state index >= 15 is 0 Å². The summed E-state index contributed by atoms with van der Waals surface area (Å²) in [6.45, 7) is 4.05. The summed E-state index contributed by atoms with van der Waals surface area (Å²) in [6, 6.07) is 14.6. The van der Waals surface area contributed by atoms with Gasteiger partial charge in [-0.1, -0.05) is 36.4 Å². The molecule has 0 bridgehead atoms. The lowest BCUT2D eigenvalue weighted by Gasteiger charge is -2.27. The number of benzene rings is 3. The van der Waals surface area contributed by atoms with Gasteiger partial charge >= 0.3 is 6.18 Å². The van der Waals surface area contributed by atoms with Gasteiger partial charge in [0.1, 0.15) is 11.9 Å². The highest BCUT2D eigenvalue weighted by Gasteiger charge is 2.34. The second kappa shape index (κ2) is 12.2. The fraction of sp³-hybridized carbons (Fsp3) is 0.207. The number of aliphatic imine (C=N–C) groups is 1. The Morgan fingerprint density at radius 1 is 1.05 bits per heavy atom. The first-order valence-electron chi connectivity index (χ1n) is 12.3. The van der Waals surface area contributed by atoms with Gasteiger partial charge in [-0.15, -0.1) is 0 Å². The lowest BCUT2D eigenvalue weighted by Crippen LogP contribution is -2.36. The third kappa shape index (κ3) is 6.99. The van der Waals surface area contributed by atoms with E-state index in [1.807, 2.05) is 0 Å². The number of hydrogen-bond donors (Lipinski definition) is 3. The summed E-state index contributed by atoms with van der Waals surface area (Å²) in [5.41, 5.74) is 0.660. The molecule has 0 aromatic heterocycles. The van der Waals surface area contributed by atoms with Crippen LogP contribution < -0.4 is 10.6 Å². The molecule has 1 heterocycles. The molecule has 3 N–H and O–H groups in total. The molecule has 3 aromatic rings. The number of carbonyl (C=O) groups is 2. The number of β-amino-alcohol motifs (C(OH)–C–C–N with tert-alkyl or cyclic N) is 1. The highest BCUT2D eigenvalue weighted by atomic mass is 19.4. The first kappa shape index (κ1) is 28.7. The molecule has 1 saturated heterocycles. The summed E-state index contributed by atoms with van der Waals surface area (Å²) in [6.07, 6.45) is -2.03. The predicted octanol–water partition coefficient (Wildman–Crippen LogP) is 5.57. The SMILES string of the molecule is C=Nc1ccccc1NC(=O)/C=C/c1ccc(C(C(=O)Nc2ccc(C(F)(F)F)cc2F)N2CC[C@H](O)C2)cc1. The number of nitrogens with one attached hydrogen (secondary N) is 2. The summed E-state index contributed by atoms with van der Waals surface area (Å²) in [5, 5.41) is 15.1. The van der Waals surface area contributed by atoms with Crippen LogP contribution in [0, 0.1) is 5.82 Å². The number of carbonyl (C=O) groups excluding carboxylic acids is 2. The van der Waals surface area contributed by atoms with Crippen LogP contribution in [0.25, 0.3) is 6.08 Å². The van der Waals surface area contributed by atoms with Gasteiger partial charge in [0.15, 0.2) is 0 Å². The molecule has 1 fully saturated rings. The Kier molecular flexibility index (Phi) is 8.76. The quantitative estimate of drug-likeness (QED) is 0.193. The van der Waals surface area contributed by atoms with E-state index in [2.05, 4.69) is 22.3 Å². The maximum Gasteiger partial charge on any atom is 0.416 e. The van der Waals surface area contributed by atoms with Gasteiger partial charge in [-0.25, -0.2) is 4.39 Å². The Bertz CT molecular complexity index is 1420. The van der Waals surface area contributed by atoms with Crippen LogP contribution in [0.15, 0.2) is 77.8 Å². The van der Waals surface area contributed by atoms with Crippen LogP contribution in [0.2, 0.25) is 0 Å². The summed E-state index contributed by atoms with van der Waals surface area (Å²) < 4.78 is 53.1. The predicted molar refractivity (Wildman–Crippen MR) is 145 cm³/mol. The van der Waals surface area contributed by atoms with Crippen LogP contribution in [-0.4, -0.2) is 47.7 Å². The zero-order valence-corrected chi connectivity index (χ0v) is 21.2. The molecule has 7 nitrogen and oxygen atoms in total. The number of hydrogen-bond acceptors (Lipinski definition) is 5. The first-order valence-corrected chi connectivity index (χ1v) is 12.3. The number of para-hydroxylation sites is 2. The van der Waals surface area contributed by atoms with E-state index in [1.165, 1.54) is 6.08 Å². The van der Waals surface area contributed by atoms with Crippen molar-refractivity contribution in [2.45, 2.75) is 24.7 Å². The van der Waals surface area contributed by atoms with E-state index < -0.39 is 35.6 Å². The summed E-state index contributed by atoms with van der Waals surface area (Å²) in [5.74, 6) is -2.26. The summed E-state index contributed by atoms with van der Waals surface area (Å²) >= 11 is 0. The second-order valence-corrected chi connectivity index (χ2v) is 9.19. The van der Waals surface area contributed by atoms with E-state index in [4.69, 9.17) is 0 Å². The van der Waals surface area contributed by atoms with Crippen LogP contribution >= 0.6 is 0 Å². The number of rotatable bonds is 8. The van der Waals surface area contributed by atoms with Crippen molar-refractivity contribution >= 4 is 41.7 Å². The van der Waals surface area contributed by atoms with E-state index in [1.54, 1.807) is 59.5 Å². The third-order valence-electron chi connectivity index (χ3n) is 6.37. The fourth-order valence-corrected chi connectivity index (χ4v) is 4.38. The van der Waals surface area contributed by atoms with Gasteiger partial charge in [0.2, 0.25) is 11.8 Å². The van der Waals surface area contributed by atoms with Gasteiger partial charge in [0.25, 0.3) is 0 Å². The lowest BCUT2D eigenvalue weighted by molar-refractivity contribution is -0.137. The van der Waals surface area contributed by atoms with Gasteiger partial charge in [0, 0.05) is 19.2 Å². The minimum absolute atomic E-state index is 0.191. The number of alkyl halides is 3. The van der Waals surface area contributed by atoms with Crippen molar-refractivity contribution in [1.82, 2.24) is 4.90 Å². The van der Waals surface area contributed by atoms with E-state index in [0.717, 1.165) is 6.07 Å². The number of halogens is 4. The normalized spacial score (nSPS) is 16.6. The topological polar surface area (TPSA) is 94.0 Å². The molecule has 208 valence electrons. The molecular formula is C29H26F4N4O3. The van der Waals surface area contributed by atoms with Crippen molar-refractivity contribution in [3.05, 3.63) is 95.3 Å². The number of anilines is 2. The Hall–Kier alpha value is -4.35. The van der Waals surface area contributed by atoms with E-state index in [-0.39, 0.29) is 18.1 Å². The number of aliphatic hydroxyl groups excluding tert-OH is 1. The van der Waals surface area contributed by atoms with Gasteiger partial charge in [-0.3, -0.25) is 19.5 Å². The molecule has 11 heteroatoms. The van der Waals surface area contributed by atoms with Crippen molar-refractivity contribution in [2.24, 2.45) is 4.99 Å². The summed E-state index contributed by atoms with van der Waals surface area (Å²) in [4.78, 5) is 31.2. The monoisotopic (exact) mass is 554 g/mol. The highest BCUT2D eigenvalue weighted by Crippen LogP contribution is 2.32. The molecular weight excluding hydrogens is 528 g/mol. The fourth-order valence-electron chi connectivity index (χ4n) is 4.38. The van der Waals surface area contributed by atoms with Crippen molar-refractivity contribution in [3.63, 3.8) is 0 Å². The smallest absolute Gasteiger partial charge is 0.392 e. The highest BCUT2D eigenvalue weighted by molar-refractivity contribution is 6.03. The second-order valence-electron chi connectivity index (χ2n) is 9.19. The minimum atomic E-state index is -4.72. The molecule has 3 aromatic carbocycles. The number of amides is 2. The zero-order chi connectivity index (χ0) is 28.9. The van der Waals surface area contributed by atoms with Crippen molar-refractivity contribution in [2.75, 3.05) is 23.7 Å². The van der Waals surface area contributed by atoms with Crippen LogP contribution in [0.3, 0.4) is 0 Å². The standard InChI is InChI=1S/C29H26F4N4O3/c1-34-24-4-2-3-5-25(24)35-26(39)13-8-18-6-9-19(10-7-18)27(37-15-14-21(38)17-37)28(40)36-23-12-11-20(16-22(23)30)29(31,32)33/h2-13,16,21,27,38H,1,14-15,17H2,(H,35,39)(H,36,40)/b13-8+/t21-,27?/m0/s1. The Labute approximate surface area is 227 Å². The maximum absolute atomic E-state index is 14.4. The van der Waals surface area contributed by atoms with Crippen molar-refractivity contribution in [1.29, 1.82) is 0 Å². The molecule has 0 spiro atoms. The minimum Gasteiger partial charge on any atom is -0.392 e. The van der Waals surface area contributed by atoms with Crippen LogP contribution in [-0.2, 0) is 15.8 Å². The van der Waals surface area contributed by atoms with Crippen LogP contribution in [0.5, 0.6) is 0 Å². The molecule has 0 saturated carbocycles. The molecule has 0 radical (unpaired) electrons. The average molecular weight is 555 g/mol. The molecule has 2 amide bonds. The molecule has 40 heavy (non-hydrogen) atoms. The largest absolute Gasteiger partial charge is 0.416 e. The Morgan fingerprint density at radius 3 is 2.40 bits per heavy atom. The number of nitrogens with zero attached hydrogens (tertiary/aromatic N) is 2. The molecule has 1 aliphatic heterocycles. The Morgan fingerprint density at radius 2 is 1.77 bits per heavy atom. The van der Waals surface area contributed by atoms with E-state index in [0.29, 0.717) is 47.6 Å². The lowest BCUT2D eigenvalue weighted by atomic mass is 10.0. The third-order valence-corrected chi connectivity index (χ3v) is 6.37. The van der Waals surface area contributed by atoms with Gasteiger partial charge in [0.05, 0.1) is 28.7 Å². The Balaban J connectivity index is 1.50. The molecule has 0 aliphatic carbocycles. The van der Waals surface area contributed by atoms with Crippen LogP contribution in [0.1, 0.15) is 29.2 Å². The molecule has 2 atom stereocenters. The number of likely N-dealkylation sites (tertiary alicyclic amines) is 1.